The van der Waals surface area contributed by atoms with Gasteiger partial charge in [0.25, 0.3) is 0 Å². The normalized spacial score (nSPS) is 14.9. The molecule has 30 heavy (non-hydrogen) atoms. The van der Waals surface area contributed by atoms with E-state index >= 15 is 0 Å². The molecule has 0 amide bonds. The Kier molecular flexibility index (Phi) is 5.16. The molecule has 1 aliphatic heterocycles. The number of benzene rings is 3. The molecule has 0 saturated carbocycles. The minimum absolute atomic E-state index is 0.799. The number of para-hydroxylation sites is 1. The van der Waals surface area contributed by atoms with Gasteiger partial charge in [-0.15, -0.1) is 0 Å². The highest BCUT2D eigenvalue weighted by atomic mass is 16.5. The first-order valence-electron chi connectivity index (χ1n) is 10.5. The second-order valence-corrected chi connectivity index (χ2v) is 7.79. The van der Waals surface area contributed by atoms with Crippen molar-refractivity contribution < 1.29 is 9.15 Å². The van der Waals surface area contributed by atoms with Gasteiger partial charge in [-0.2, -0.15) is 0 Å². The van der Waals surface area contributed by atoms with Crippen molar-refractivity contribution in [3.8, 4) is 17.1 Å². The molecule has 5 rings (SSSR count). The molecule has 1 aromatic heterocycles. The Morgan fingerprint density at radius 2 is 1.53 bits per heavy atom. The molecular formula is C26H26N2O2. The van der Waals surface area contributed by atoms with Crippen LogP contribution in [0.4, 0.5) is 5.69 Å². The smallest absolute Gasteiger partial charge is 0.176 e. The number of hydrogen-bond donors (Lipinski definition) is 0. The summed E-state index contributed by atoms with van der Waals surface area (Å²) in [6.45, 7) is 5.12. The van der Waals surface area contributed by atoms with E-state index in [9.17, 15) is 0 Å². The van der Waals surface area contributed by atoms with Gasteiger partial charge < -0.3 is 14.1 Å². The largest absolute Gasteiger partial charge is 0.493 e. The molecule has 4 aromatic rings. The summed E-state index contributed by atoms with van der Waals surface area (Å²) in [6, 6.07) is 27.3. The number of anilines is 1. The fourth-order valence-electron chi connectivity index (χ4n) is 4.23. The third-order valence-corrected chi connectivity index (χ3v) is 5.82. The summed E-state index contributed by atoms with van der Waals surface area (Å²) >= 11 is 0. The van der Waals surface area contributed by atoms with Gasteiger partial charge in [0.1, 0.15) is 5.76 Å². The van der Waals surface area contributed by atoms with Gasteiger partial charge in [-0.3, -0.25) is 4.90 Å². The minimum Gasteiger partial charge on any atom is -0.493 e. The number of hydrogen-bond acceptors (Lipinski definition) is 4. The van der Waals surface area contributed by atoms with Crippen molar-refractivity contribution in [3.05, 3.63) is 84.4 Å². The van der Waals surface area contributed by atoms with E-state index in [-0.39, 0.29) is 0 Å². The van der Waals surface area contributed by atoms with Crippen molar-refractivity contribution in [1.29, 1.82) is 0 Å². The van der Waals surface area contributed by atoms with Gasteiger partial charge in [-0.1, -0.05) is 48.5 Å². The first-order valence-corrected chi connectivity index (χ1v) is 10.5. The van der Waals surface area contributed by atoms with Crippen LogP contribution in [0.25, 0.3) is 22.3 Å². The number of methoxy groups -OCH3 is 1. The van der Waals surface area contributed by atoms with Gasteiger partial charge in [0, 0.05) is 49.4 Å². The molecule has 2 heterocycles. The molecule has 4 heteroatoms. The maximum Gasteiger partial charge on any atom is 0.176 e. The molecule has 1 saturated heterocycles. The van der Waals surface area contributed by atoms with Crippen molar-refractivity contribution in [2.24, 2.45) is 0 Å². The van der Waals surface area contributed by atoms with Crippen LogP contribution in [-0.4, -0.2) is 38.2 Å². The number of ether oxygens (including phenoxy) is 1. The molecule has 0 N–H and O–H groups in total. The average molecular weight is 399 g/mol. The number of piperazine rings is 1. The van der Waals surface area contributed by atoms with Crippen LogP contribution in [0.3, 0.4) is 0 Å². The summed E-state index contributed by atoms with van der Waals surface area (Å²) in [7, 11) is 1.71. The highest BCUT2D eigenvalue weighted by Gasteiger charge is 2.19. The Morgan fingerprint density at radius 3 is 2.23 bits per heavy atom. The van der Waals surface area contributed by atoms with Crippen LogP contribution in [-0.2, 0) is 6.54 Å². The highest BCUT2D eigenvalue weighted by Crippen LogP contribution is 2.35. The summed E-state index contributed by atoms with van der Waals surface area (Å²) in [4.78, 5) is 4.97. The van der Waals surface area contributed by atoms with Crippen LogP contribution >= 0.6 is 0 Å². The van der Waals surface area contributed by atoms with E-state index in [1.165, 1.54) is 11.3 Å². The minimum atomic E-state index is 0.799. The van der Waals surface area contributed by atoms with E-state index in [0.29, 0.717) is 0 Å². The summed E-state index contributed by atoms with van der Waals surface area (Å²) in [5.74, 6) is 1.67. The standard InChI is InChI=1S/C26H26N2O2/c1-29-25-17-20(16-22-18-24(30-26(22)25)21-8-4-2-5-9-21)19-27-12-14-28(15-13-27)23-10-6-3-7-11-23/h2-11,16-18H,12-15,19H2,1H3. The first kappa shape index (κ1) is 18.8. The second kappa shape index (κ2) is 8.25. The van der Waals surface area contributed by atoms with Crippen molar-refractivity contribution in [1.82, 2.24) is 4.90 Å². The SMILES string of the molecule is COc1cc(CN2CCN(c3ccccc3)CC2)cc2cc(-c3ccccc3)oc12. The fourth-order valence-corrected chi connectivity index (χ4v) is 4.23. The van der Waals surface area contributed by atoms with Gasteiger partial charge in [0.2, 0.25) is 0 Å². The molecule has 0 spiro atoms. The maximum absolute atomic E-state index is 6.14. The molecule has 1 fully saturated rings. The van der Waals surface area contributed by atoms with E-state index < -0.39 is 0 Å². The lowest BCUT2D eigenvalue weighted by Gasteiger charge is -2.36. The van der Waals surface area contributed by atoms with Gasteiger partial charge in [-0.05, 0) is 35.9 Å². The van der Waals surface area contributed by atoms with Crippen LogP contribution < -0.4 is 9.64 Å². The van der Waals surface area contributed by atoms with Crippen molar-refractivity contribution in [2.75, 3.05) is 38.2 Å². The monoisotopic (exact) mass is 398 g/mol. The van der Waals surface area contributed by atoms with Crippen LogP contribution in [0.2, 0.25) is 0 Å². The molecule has 0 radical (unpaired) electrons. The van der Waals surface area contributed by atoms with Gasteiger partial charge in [0.15, 0.2) is 11.3 Å². The number of rotatable bonds is 5. The average Bonchev–Trinajstić information content (AvgIpc) is 3.24. The van der Waals surface area contributed by atoms with Crippen LogP contribution in [0.15, 0.2) is 83.3 Å². The summed E-state index contributed by atoms with van der Waals surface area (Å²) in [5, 5.41) is 1.09. The summed E-state index contributed by atoms with van der Waals surface area (Å²) in [6.07, 6.45) is 0. The van der Waals surface area contributed by atoms with Crippen molar-refractivity contribution in [2.45, 2.75) is 6.54 Å². The van der Waals surface area contributed by atoms with E-state index in [1.54, 1.807) is 7.11 Å². The molecule has 152 valence electrons. The Labute approximate surface area is 177 Å². The third kappa shape index (κ3) is 3.79. The lowest BCUT2D eigenvalue weighted by molar-refractivity contribution is 0.249. The highest BCUT2D eigenvalue weighted by molar-refractivity contribution is 5.88. The predicted octanol–water partition coefficient (Wildman–Crippen LogP) is 5.43. The molecular weight excluding hydrogens is 372 g/mol. The molecule has 0 aliphatic carbocycles. The molecule has 1 aliphatic rings. The summed E-state index contributed by atoms with van der Waals surface area (Å²) < 4.78 is 11.8. The summed E-state index contributed by atoms with van der Waals surface area (Å²) in [5.41, 5.74) is 4.46. The molecule has 0 unspecified atom stereocenters. The van der Waals surface area contributed by atoms with Crippen molar-refractivity contribution >= 4 is 16.7 Å². The zero-order chi connectivity index (χ0) is 20.3. The number of fused-ring (bicyclic) bond motifs is 1. The van der Waals surface area contributed by atoms with Gasteiger partial charge in [0.05, 0.1) is 7.11 Å². The zero-order valence-corrected chi connectivity index (χ0v) is 17.3. The maximum atomic E-state index is 6.14. The van der Waals surface area contributed by atoms with Gasteiger partial charge in [-0.25, -0.2) is 0 Å². The Balaban J connectivity index is 1.34. The number of nitrogens with zero attached hydrogens (tertiary/aromatic N) is 2. The topological polar surface area (TPSA) is 28.9 Å². The van der Waals surface area contributed by atoms with Crippen LogP contribution in [0.1, 0.15) is 5.56 Å². The van der Waals surface area contributed by atoms with E-state index in [1.807, 2.05) is 18.2 Å². The Hall–Kier alpha value is -3.24. The van der Waals surface area contributed by atoms with Crippen LogP contribution in [0, 0.1) is 0 Å². The van der Waals surface area contributed by atoms with E-state index in [2.05, 4.69) is 70.5 Å². The second-order valence-electron chi connectivity index (χ2n) is 7.79. The fraction of sp³-hybridized carbons (Fsp3) is 0.231. The number of furan rings is 1. The Morgan fingerprint density at radius 1 is 0.833 bits per heavy atom. The lowest BCUT2D eigenvalue weighted by Crippen LogP contribution is -2.45. The van der Waals surface area contributed by atoms with E-state index in [0.717, 1.165) is 60.8 Å². The third-order valence-electron chi connectivity index (χ3n) is 5.82. The van der Waals surface area contributed by atoms with Crippen LogP contribution in [0.5, 0.6) is 5.75 Å². The quantitative estimate of drug-likeness (QED) is 0.448. The predicted molar refractivity (Wildman–Crippen MR) is 122 cm³/mol. The Bertz CT molecular complexity index is 1110. The van der Waals surface area contributed by atoms with Crippen molar-refractivity contribution in [3.63, 3.8) is 0 Å². The molecule has 0 bridgehead atoms. The lowest BCUT2D eigenvalue weighted by atomic mass is 10.1. The molecule has 0 atom stereocenters. The zero-order valence-electron chi connectivity index (χ0n) is 17.3. The first-order chi connectivity index (χ1) is 14.8. The molecule has 4 nitrogen and oxygen atoms in total. The molecule has 3 aromatic carbocycles. The van der Waals surface area contributed by atoms with E-state index in [4.69, 9.17) is 9.15 Å². The van der Waals surface area contributed by atoms with Gasteiger partial charge >= 0.3 is 0 Å².